The fraction of sp³-hybridized carbons (Fsp3) is 0.0455. The Kier molecular flexibility index (Phi) is 5.81. The number of carboxylic acids is 1. The molecule has 140 valence electrons. The molecule has 0 aliphatic heterocycles. The van der Waals surface area contributed by atoms with E-state index >= 15 is 0 Å². The molecule has 0 radical (unpaired) electrons. The molecule has 0 unspecified atom stereocenters. The van der Waals surface area contributed by atoms with Crippen molar-refractivity contribution in [2.75, 3.05) is 0 Å². The third-order valence-electron chi connectivity index (χ3n) is 3.79. The molecular weight excluding hydrogens is 360 g/mol. The highest BCUT2D eigenvalue weighted by Crippen LogP contribution is 2.30. The average molecular weight is 376 g/mol. The van der Waals surface area contributed by atoms with Crippen LogP contribution in [0, 0.1) is 0 Å². The number of rotatable bonds is 6. The minimum atomic E-state index is -1.03. The molecule has 0 spiro atoms. The quantitative estimate of drug-likeness (QED) is 0.520. The fourth-order valence-electron chi connectivity index (χ4n) is 2.47. The summed E-state index contributed by atoms with van der Waals surface area (Å²) in [6.45, 7) is 0. The lowest BCUT2D eigenvalue weighted by atomic mass is 10.1. The van der Waals surface area contributed by atoms with Gasteiger partial charge in [-0.2, -0.15) is 0 Å². The van der Waals surface area contributed by atoms with Crippen LogP contribution >= 0.6 is 0 Å². The summed E-state index contributed by atoms with van der Waals surface area (Å²) >= 11 is 0. The molecule has 0 fully saturated rings. The first-order valence-electron chi connectivity index (χ1n) is 8.42. The molecule has 3 aromatic carbocycles. The lowest BCUT2D eigenvalue weighted by molar-refractivity contribution is -0.136. The van der Waals surface area contributed by atoms with E-state index in [0.717, 1.165) is 0 Å². The number of aliphatic carboxylic acids is 1. The summed E-state index contributed by atoms with van der Waals surface area (Å²) in [6, 6.07) is 20.9. The van der Waals surface area contributed by atoms with Crippen molar-refractivity contribution in [3.05, 3.63) is 95.6 Å². The normalized spacial score (nSPS) is 10.1. The number of benzene rings is 3. The van der Waals surface area contributed by atoms with Gasteiger partial charge < -0.3 is 14.6 Å². The van der Waals surface area contributed by atoms with Crippen LogP contribution in [0.2, 0.25) is 0 Å². The van der Waals surface area contributed by atoms with Gasteiger partial charge in [0.15, 0.2) is 11.5 Å². The van der Waals surface area contributed by atoms with Crippen LogP contribution in [-0.2, 0) is 11.2 Å². The van der Waals surface area contributed by atoms with Gasteiger partial charge in [-0.15, -0.1) is 0 Å². The molecule has 0 atom stereocenters. The summed E-state index contributed by atoms with van der Waals surface area (Å²) in [6.07, 6.45) is -0.261. The molecule has 28 heavy (non-hydrogen) atoms. The second-order valence-corrected chi connectivity index (χ2v) is 5.86. The Morgan fingerprint density at radius 2 is 1.18 bits per heavy atom. The molecule has 0 aromatic heterocycles. The predicted molar refractivity (Wildman–Crippen MR) is 101 cm³/mol. The highest BCUT2D eigenvalue weighted by molar-refractivity contribution is 5.93. The Morgan fingerprint density at radius 1 is 0.679 bits per heavy atom. The maximum atomic E-state index is 12.4. The number of ether oxygens (including phenoxy) is 2. The Hall–Kier alpha value is -3.93. The second kappa shape index (κ2) is 8.64. The molecule has 0 aliphatic carbocycles. The summed E-state index contributed by atoms with van der Waals surface area (Å²) in [5.74, 6) is -2.31. The van der Waals surface area contributed by atoms with E-state index in [0.29, 0.717) is 16.7 Å². The van der Waals surface area contributed by atoms with E-state index in [2.05, 4.69) is 0 Å². The predicted octanol–water partition coefficient (Wildman–Crippen LogP) is 3.75. The zero-order chi connectivity index (χ0) is 19.9. The largest absolute Gasteiger partial charge is 0.481 e. The highest BCUT2D eigenvalue weighted by atomic mass is 16.6. The van der Waals surface area contributed by atoms with Gasteiger partial charge in [-0.05, 0) is 42.0 Å². The average Bonchev–Trinajstić information content (AvgIpc) is 2.70. The molecule has 0 heterocycles. The van der Waals surface area contributed by atoms with Crippen molar-refractivity contribution in [2.24, 2.45) is 0 Å². The number of carbonyl (C=O) groups excluding carboxylic acids is 2. The van der Waals surface area contributed by atoms with Gasteiger partial charge in [-0.1, -0.05) is 42.5 Å². The summed E-state index contributed by atoms with van der Waals surface area (Å²) in [7, 11) is 0. The topological polar surface area (TPSA) is 89.9 Å². The van der Waals surface area contributed by atoms with E-state index in [-0.39, 0.29) is 17.9 Å². The monoisotopic (exact) mass is 376 g/mol. The molecule has 3 aromatic rings. The van der Waals surface area contributed by atoms with Crippen molar-refractivity contribution in [2.45, 2.75) is 6.42 Å². The zero-order valence-corrected chi connectivity index (χ0v) is 14.7. The molecule has 3 rings (SSSR count). The Labute approximate surface area is 161 Å². The molecule has 6 heteroatoms. The van der Waals surface area contributed by atoms with E-state index < -0.39 is 17.9 Å². The summed E-state index contributed by atoms with van der Waals surface area (Å²) in [5.41, 5.74) is 1.05. The van der Waals surface area contributed by atoms with E-state index in [9.17, 15) is 14.4 Å². The van der Waals surface area contributed by atoms with Crippen LogP contribution in [0.4, 0.5) is 0 Å². The lowest BCUT2D eigenvalue weighted by Crippen LogP contribution is -2.13. The smallest absolute Gasteiger partial charge is 0.343 e. The Morgan fingerprint density at radius 3 is 1.68 bits per heavy atom. The van der Waals surface area contributed by atoms with Crippen molar-refractivity contribution < 1.29 is 29.0 Å². The van der Waals surface area contributed by atoms with Crippen LogP contribution in [0.25, 0.3) is 0 Å². The van der Waals surface area contributed by atoms with Gasteiger partial charge in [0.05, 0.1) is 17.5 Å². The van der Waals surface area contributed by atoms with Gasteiger partial charge in [0.2, 0.25) is 0 Å². The van der Waals surface area contributed by atoms with Gasteiger partial charge in [0, 0.05) is 0 Å². The molecule has 6 nitrogen and oxygen atoms in total. The van der Waals surface area contributed by atoms with Crippen LogP contribution in [-0.4, -0.2) is 23.0 Å². The maximum absolute atomic E-state index is 12.4. The first kappa shape index (κ1) is 18.8. The minimum absolute atomic E-state index is 0.0206. The first-order chi connectivity index (χ1) is 13.5. The van der Waals surface area contributed by atoms with E-state index in [1.165, 1.54) is 18.2 Å². The van der Waals surface area contributed by atoms with Crippen molar-refractivity contribution in [3.63, 3.8) is 0 Å². The van der Waals surface area contributed by atoms with Crippen molar-refractivity contribution >= 4 is 17.9 Å². The van der Waals surface area contributed by atoms with E-state index in [1.807, 2.05) is 0 Å². The first-order valence-corrected chi connectivity index (χ1v) is 8.42. The van der Waals surface area contributed by atoms with Gasteiger partial charge in [0.1, 0.15) is 0 Å². The number of hydrogen-bond acceptors (Lipinski definition) is 5. The number of esters is 2. The second-order valence-electron chi connectivity index (χ2n) is 5.86. The van der Waals surface area contributed by atoms with Crippen LogP contribution in [0.3, 0.4) is 0 Å². The number of carboxylic acid groups (broad SMARTS) is 1. The SMILES string of the molecule is O=C(O)Cc1ccc(OC(=O)c2ccccc2)c(OC(=O)c2ccccc2)c1. The molecule has 0 saturated carbocycles. The minimum Gasteiger partial charge on any atom is -0.481 e. The molecule has 1 N–H and O–H groups in total. The molecular formula is C22H16O6. The van der Waals surface area contributed by atoms with Crippen LogP contribution in [0.1, 0.15) is 26.3 Å². The van der Waals surface area contributed by atoms with Crippen LogP contribution < -0.4 is 9.47 Å². The summed E-state index contributed by atoms with van der Waals surface area (Å²) in [4.78, 5) is 35.7. The Bertz CT molecular complexity index is 996. The number of hydrogen-bond donors (Lipinski definition) is 1. The van der Waals surface area contributed by atoms with E-state index in [4.69, 9.17) is 14.6 Å². The van der Waals surface area contributed by atoms with Gasteiger partial charge in [-0.3, -0.25) is 4.79 Å². The highest BCUT2D eigenvalue weighted by Gasteiger charge is 2.17. The van der Waals surface area contributed by atoms with Crippen molar-refractivity contribution in [1.82, 2.24) is 0 Å². The van der Waals surface area contributed by atoms with Gasteiger partial charge in [0.25, 0.3) is 0 Å². The standard InChI is InChI=1S/C22H16O6/c23-20(24)14-15-11-12-18(27-21(25)16-7-3-1-4-8-16)19(13-15)28-22(26)17-9-5-2-6-10-17/h1-13H,14H2,(H,23,24). The summed E-state index contributed by atoms with van der Waals surface area (Å²) in [5, 5.41) is 8.99. The van der Waals surface area contributed by atoms with Gasteiger partial charge in [-0.25, -0.2) is 9.59 Å². The van der Waals surface area contributed by atoms with E-state index in [1.54, 1.807) is 60.7 Å². The summed E-state index contributed by atoms with van der Waals surface area (Å²) < 4.78 is 10.7. The third-order valence-corrected chi connectivity index (χ3v) is 3.79. The maximum Gasteiger partial charge on any atom is 0.343 e. The van der Waals surface area contributed by atoms with Crippen LogP contribution in [0.15, 0.2) is 78.9 Å². The third kappa shape index (κ3) is 4.82. The molecule has 0 bridgehead atoms. The molecule has 0 amide bonds. The van der Waals surface area contributed by atoms with Crippen LogP contribution in [0.5, 0.6) is 11.5 Å². The lowest BCUT2D eigenvalue weighted by Gasteiger charge is -2.12. The molecule has 0 saturated heterocycles. The van der Waals surface area contributed by atoms with Crippen molar-refractivity contribution in [3.8, 4) is 11.5 Å². The fourth-order valence-corrected chi connectivity index (χ4v) is 2.47. The Balaban J connectivity index is 1.89. The van der Waals surface area contributed by atoms with Gasteiger partial charge >= 0.3 is 17.9 Å². The van der Waals surface area contributed by atoms with Crippen molar-refractivity contribution in [1.29, 1.82) is 0 Å². The molecule has 0 aliphatic rings. The number of carbonyl (C=O) groups is 3. The zero-order valence-electron chi connectivity index (χ0n) is 14.7.